The Morgan fingerprint density at radius 1 is 1.23 bits per heavy atom. The Morgan fingerprint density at radius 3 is 3.00 bits per heavy atom. The number of aromatic nitrogens is 2. The number of thioether (sulfide) groups is 1. The van der Waals surface area contributed by atoms with Crippen molar-refractivity contribution in [3.05, 3.63) is 53.7 Å². The van der Waals surface area contributed by atoms with Crippen molar-refractivity contribution in [1.82, 2.24) is 9.97 Å². The van der Waals surface area contributed by atoms with Crippen LogP contribution in [0, 0.1) is 6.92 Å². The molecule has 5 heteroatoms. The SMILES string of the molecule is Cc1[nH]c2ccccc2c1CSc1nc2ccc(N)cc2s1. The van der Waals surface area contributed by atoms with Crippen molar-refractivity contribution in [2.45, 2.75) is 17.0 Å². The molecule has 0 bridgehead atoms. The van der Waals surface area contributed by atoms with E-state index >= 15 is 0 Å². The first-order chi connectivity index (χ1) is 10.7. The second kappa shape index (κ2) is 5.34. The number of hydrogen-bond donors (Lipinski definition) is 2. The largest absolute Gasteiger partial charge is 0.399 e. The van der Waals surface area contributed by atoms with Crippen LogP contribution < -0.4 is 5.73 Å². The molecule has 0 saturated carbocycles. The van der Waals surface area contributed by atoms with Crippen LogP contribution in [0.3, 0.4) is 0 Å². The lowest BCUT2D eigenvalue weighted by Crippen LogP contribution is -1.82. The van der Waals surface area contributed by atoms with E-state index < -0.39 is 0 Å². The Bertz CT molecular complexity index is 969. The lowest BCUT2D eigenvalue weighted by Gasteiger charge is -1.99. The lowest BCUT2D eigenvalue weighted by atomic mass is 10.1. The Morgan fingerprint density at radius 2 is 2.09 bits per heavy atom. The van der Waals surface area contributed by atoms with Gasteiger partial charge in [-0.1, -0.05) is 30.0 Å². The maximum Gasteiger partial charge on any atom is 0.151 e. The van der Waals surface area contributed by atoms with Gasteiger partial charge in [-0.2, -0.15) is 0 Å². The number of nitrogens with one attached hydrogen (secondary N) is 1. The molecule has 3 nitrogen and oxygen atoms in total. The molecule has 2 aromatic carbocycles. The van der Waals surface area contributed by atoms with Crippen LogP contribution >= 0.6 is 23.1 Å². The summed E-state index contributed by atoms with van der Waals surface area (Å²) in [6.45, 7) is 2.13. The van der Waals surface area contributed by atoms with Crippen molar-refractivity contribution in [3.63, 3.8) is 0 Å². The molecule has 0 unspecified atom stereocenters. The molecule has 0 saturated heterocycles. The van der Waals surface area contributed by atoms with Gasteiger partial charge >= 0.3 is 0 Å². The zero-order valence-electron chi connectivity index (χ0n) is 12.1. The van der Waals surface area contributed by atoms with Gasteiger partial charge in [0.2, 0.25) is 0 Å². The first-order valence-electron chi connectivity index (χ1n) is 7.06. The summed E-state index contributed by atoms with van der Waals surface area (Å²) < 4.78 is 2.24. The molecule has 0 amide bonds. The van der Waals surface area contributed by atoms with E-state index in [9.17, 15) is 0 Å². The fourth-order valence-corrected chi connectivity index (χ4v) is 4.87. The fraction of sp³-hybridized carbons (Fsp3) is 0.118. The van der Waals surface area contributed by atoms with Gasteiger partial charge in [-0.3, -0.25) is 0 Å². The van der Waals surface area contributed by atoms with Crippen LogP contribution in [0.1, 0.15) is 11.3 Å². The van der Waals surface area contributed by atoms with Crippen LogP contribution in [-0.4, -0.2) is 9.97 Å². The van der Waals surface area contributed by atoms with Crippen molar-refractivity contribution >= 4 is 49.9 Å². The Labute approximate surface area is 136 Å². The maximum atomic E-state index is 5.83. The summed E-state index contributed by atoms with van der Waals surface area (Å²) in [6.07, 6.45) is 0. The summed E-state index contributed by atoms with van der Waals surface area (Å²) in [7, 11) is 0. The van der Waals surface area contributed by atoms with E-state index in [-0.39, 0.29) is 0 Å². The highest BCUT2D eigenvalue weighted by atomic mass is 32.2. The molecule has 0 radical (unpaired) electrons. The molecule has 0 fully saturated rings. The molecule has 0 spiro atoms. The highest BCUT2D eigenvalue weighted by molar-refractivity contribution is 8.00. The van der Waals surface area contributed by atoms with Crippen LogP contribution in [0.2, 0.25) is 0 Å². The topological polar surface area (TPSA) is 54.7 Å². The third-order valence-electron chi connectivity index (χ3n) is 3.76. The number of para-hydroxylation sites is 1. The smallest absolute Gasteiger partial charge is 0.151 e. The predicted molar refractivity (Wildman–Crippen MR) is 96.6 cm³/mol. The molecule has 22 heavy (non-hydrogen) atoms. The first kappa shape index (κ1) is 13.7. The number of anilines is 1. The van der Waals surface area contributed by atoms with Gasteiger partial charge in [0.15, 0.2) is 4.34 Å². The molecule has 4 aromatic rings. The van der Waals surface area contributed by atoms with E-state index in [1.54, 1.807) is 23.1 Å². The third kappa shape index (κ3) is 2.36. The van der Waals surface area contributed by atoms with Gasteiger partial charge in [0.05, 0.1) is 10.2 Å². The van der Waals surface area contributed by atoms with E-state index in [0.29, 0.717) is 0 Å². The van der Waals surface area contributed by atoms with Crippen LogP contribution in [-0.2, 0) is 5.75 Å². The molecule has 0 aliphatic heterocycles. The Balaban J connectivity index is 1.64. The number of benzene rings is 2. The number of rotatable bonds is 3. The van der Waals surface area contributed by atoms with E-state index in [1.165, 1.54) is 22.2 Å². The second-order valence-electron chi connectivity index (χ2n) is 5.27. The number of nitrogen functional groups attached to an aromatic ring is 1. The molecule has 0 atom stereocenters. The van der Waals surface area contributed by atoms with Crippen molar-refractivity contribution in [3.8, 4) is 0 Å². The van der Waals surface area contributed by atoms with Gasteiger partial charge in [-0.15, -0.1) is 11.3 Å². The van der Waals surface area contributed by atoms with Crippen molar-refractivity contribution in [2.75, 3.05) is 5.73 Å². The lowest BCUT2D eigenvalue weighted by molar-refractivity contribution is 1.23. The van der Waals surface area contributed by atoms with Gasteiger partial charge < -0.3 is 10.7 Å². The summed E-state index contributed by atoms with van der Waals surface area (Å²) in [4.78, 5) is 8.13. The molecule has 0 aliphatic carbocycles. The summed E-state index contributed by atoms with van der Waals surface area (Å²) in [5.41, 5.74) is 11.4. The van der Waals surface area contributed by atoms with E-state index in [4.69, 9.17) is 5.73 Å². The first-order valence-corrected chi connectivity index (χ1v) is 8.86. The average molecular weight is 325 g/mol. The number of fused-ring (bicyclic) bond motifs is 2. The number of aromatic amines is 1. The van der Waals surface area contributed by atoms with E-state index in [2.05, 4.69) is 41.2 Å². The molecular weight excluding hydrogens is 310 g/mol. The summed E-state index contributed by atoms with van der Waals surface area (Å²) in [5, 5.41) is 1.30. The summed E-state index contributed by atoms with van der Waals surface area (Å²) >= 11 is 3.49. The number of nitrogens with two attached hydrogens (primary N) is 1. The molecule has 2 aromatic heterocycles. The Kier molecular flexibility index (Phi) is 3.32. The highest BCUT2D eigenvalue weighted by Crippen LogP contribution is 2.34. The Hall–Kier alpha value is -1.98. The zero-order chi connectivity index (χ0) is 15.1. The van der Waals surface area contributed by atoms with Gasteiger partial charge in [-0.25, -0.2) is 4.98 Å². The van der Waals surface area contributed by atoms with Crippen LogP contribution in [0.25, 0.3) is 21.1 Å². The van der Waals surface area contributed by atoms with E-state index in [1.807, 2.05) is 18.2 Å². The van der Waals surface area contributed by atoms with Crippen LogP contribution in [0.15, 0.2) is 46.8 Å². The van der Waals surface area contributed by atoms with Crippen LogP contribution in [0.4, 0.5) is 5.69 Å². The molecule has 4 rings (SSSR count). The van der Waals surface area contributed by atoms with E-state index in [0.717, 1.165) is 26.0 Å². The van der Waals surface area contributed by atoms with Crippen molar-refractivity contribution in [1.29, 1.82) is 0 Å². The third-order valence-corrected chi connectivity index (χ3v) is 5.95. The maximum absolute atomic E-state index is 5.83. The molecule has 0 aliphatic rings. The van der Waals surface area contributed by atoms with Gasteiger partial charge in [0, 0.05) is 28.0 Å². The van der Waals surface area contributed by atoms with Crippen LogP contribution in [0.5, 0.6) is 0 Å². The normalized spacial score (nSPS) is 11.5. The average Bonchev–Trinajstić information content (AvgIpc) is 3.04. The number of thiazole rings is 1. The minimum absolute atomic E-state index is 0.792. The molecule has 3 N–H and O–H groups in total. The quantitative estimate of drug-likeness (QED) is 0.413. The number of H-pyrrole nitrogens is 1. The minimum Gasteiger partial charge on any atom is -0.399 e. The van der Waals surface area contributed by atoms with Crippen molar-refractivity contribution in [2.24, 2.45) is 0 Å². The monoisotopic (exact) mass is 325 g/mol. The summed E-state index contributed by atoms with van der Waals surface area (Å²) in [6, 6.07) is 14.3. The van der Waals surface area contributed by atoms with Gasteiger partial charge in [-0.05, 0) is 36.8 Å². The highest BCUT2D eigenvalue weighted by Gasteiger charge is 2.10. The number of nitrogens with zero attached hydrogens (tertiary/aromatic N) is 1. The fourth-order valence-electron chi connectivity index (χ4n) is 2.64. The predicted octanol–water partition coefficient (Wildman–Crippen LogP) is 4.96. The van der Waals surface area contributed by atoms with Gasteiger partial charge in [0.1, 0.15) is 0 Å². The molecule has 2 heterocycles. The molecular formula is C17H15N3S2. The molecule has 110 valence electrons. The minimum atomic E-state index is 0.792. The van der Waals surface area contributed by atoms with Gasteiger partial charge in [0.25, 0.3) is 0 Å². The summed E-state index contributed by atoms with van der Waals surface area (Å²) in [5.74, 6) is 0.922. The standard InChI is InChI=1S/C17H15N3S2/c1-10-13(12-4-2-3-5-14(12)19-10)9-21-17-20-15-7-6-11(18)8-16(15)22-17/h2-8,19H,9,18H2,1H3. The number of aryl methyl sites for hydroxylation is 1. The second-order valence-corrected chi connectivity index (χ2v) is 7.52. The number of hydrogen-bond acceptors (Lipinski definition) is 4. The van der Waals surface area contributed by atoms with Crippen molar-refractivity contribution < 1.29 is 0 Å². The zero-order valence-corrected chi connectivity index (χ0v) is 13.7.